The third-order valence-corrected chi connectivity index (χ3v) is 3.41. The number of ether oxygens (including phenoxy) is 1. The lowest BCUT2D eigenvalue weighted by Gasteiger charge is -2.11. The van der Waals surface area contributed by atoms with Crippen molar-refractivity contribution in [1.82, 2.24) is 14.8 Å². The van der Waals surface area contributed by atoms with Crippen molar-refractivity contribution in [3.63, 3.8) is 0 Å². The van der Waals surface area contributed by atoms with Crippen LogP contribution in [0.5, 0.6) is 0 Å². The number of hydrogen-bond donors (Lipinski definition) is 0. The highest BCUT2D eigenvalue weighted by molar-refractivity contribution is 5.80. The van der Waals surface area contributed by atoms with Gasteiger partial charge in [0.2, 0.25) is 0 Å². The Kier molecular flexibility index (Phi) is 4.90. The Hall–Kier alpha value is -2.24. The van der Waals surface area contributed by atoms with Gasteiger partial charge in [-0.3, -0.25) is 14.6 Å². The third-order valence-electron chi connectivity index (χ3n) is 3.41. The van der Waals surface area contributed by atoms with Gasteiger partial charge in [-0.25, -0.2) is 4.68 Å². The summed E-state index contributed by atoms with van der Waals surface area (Å²) < 4.78 is 6.05. The Balaban J connectivity index is 2.58. The number of esters is 1. The first-order valence-corrected chi connectivity index (χ1v) is 7.54. The monoisotopic (exact) mass is 303 g/mol. The normalized spacial score (nSPS) is 11.1. The second-order valence-corrected chi connectivity index (χ2v) is 5.36. The molecule has 0 unspecified atom stereocenters. The number of rotatable bonds is 5. The number of aromatic nitrogens is 3. The van der Waals surface area contributed by atoms with Crippen LogP contribution < -0.4 is 5.56 Å². The van der Waals surface area contributed by atoms with Crippen molar-refractivity contribution in [2.75, 3.05) is 6.61 Å². The van der Waals surface area contributed by atoms with Crippen LogP contribution in [0.3, 0.4) is 0 Å². The van der Waals surface area contributed by atoms with Crippen molar-refractivity contribution >= 4 is 16.9 Å². The average Bonchev–Trinajstić information content (AvgIpc) is 2.49. The summed E-state index contributed by atoms with van der Waals surface area (Å²) in [6.07, 6.45) is 0.633. The minimum atomic E-state index is -0.467. The van der Waals surface area contributed by atoms with Crippen molar-refractivity contribution in [2.45, 2.75) is 46.6 Å². The van der Waals surface area contributed by atoms with E-state index in [-0.39, 0.29) is 24.6 Å². The van der Waals surface area contributed by atoms with Gasteiger partial charge in [-0.2, -0.15) is 5.10 Å². The van der Waals surface area contributed by atoms with Gasteiger partial charge in [0.1, 0.15) is 6.54 Å². The van der Waals surface area contributed by atoms with E-state index in [9.17, 15) is 9.59 Å². The van der Waals surface area contributed by atoms with Crippen LogP contribution in [0.25, 0.3) is 10.9 Å². The first-order chi connectivity index (χ1) is 10.5. The molecule has 6 heteroatoms. The maximum atomic E-state index is 12.5. The number of fused-ring (bicyclic) bond motifs is 1. The van der Waals surface area contributed by atoms with E-state index >= 15 is 0 Å². The summed E-state index contributed by atoms with van der Waals surface area (Å²) in [5, 5.41) is 4.77. The van der Waals surface area contributed by atoms with E-state index in [2.05, 4.69) is 23.9 Å². The molecule has 0 saturated heterocycles. The lowest BCUT2D eigenvalue weighted by atomic mass is 10.1. The quantitative estimate of drug-likeness (QED) is 0.790. The molecule has 0 fully saturated rings. The van der Waals surface area contributed by atoms with E-state index in [0.29, 0.717) is 23.0 Å². The molecule has 0 bridgehead atoms. The fourth-order valence-electron chi connectivity index (χ4n) is 2.24. The van der Waals surface area contributed by atoms with Crippen molar-refractivity contribution < 1.29 is 9.53 Å². The van der Waals surface area contributed by atoms with Gasteiger partial charge in [0, 0.05) is 5.69 Å². The van der Waals surface area contributed by atoms with Crippen LogP contribution in [0, 0.1) is 0 Å². The Morgan fingerprint density at radius 3 is 2.64 bits per heavy atom. The molecule has 0 N–H and O–H groups in total. The first kappa shape index (κ1) is 16.1. The Labute approximate surface area is 129 Å². The zero-order valence-electron chi connectivity index (χ0n) is 13.4. The van der Waals surface area contributed by atoms with Crippen molar-refractivity contribution in [3.05, 3.63) is 33.9 Å². The van der Waals surface area contributed by atoms with Crippen LogP contribution in [-0.4, -0.2) is 27.3 Å². The van der Waals surface area contributed by atoms with E-state index in [4.69, 9.17) is 4.74 Å². The number of hydrogen-bond acceptors (Lipinski definition) is 5. The average molecular weight is 303 g/mol. The molecular formula is C16H21N3O3. The first-order valence-electron chi connectivity index (χ1n) is 7.54. The van der Waals surface area contributed by atoms with Gasteiger partial charge < -0.3 is 4.74 Å². The number of carbonyl (C=O) groups excluding carboxylic acids is 1. The molecule has 118 valence electrons. The van der Waals surface area contributed by atoms with Crippen LogP contribution in [0.15, 0.2) is 16.9 Å². The van der Waals surface area contributed by atoms with E-state index in [1.165, 1.54) is 0 Å². The Morgan fingerprint density at radius 2 is 2.05 bits per heavy atom. The summed E-state index contributed by atoms with van der Waals surface area (Å²) in [5.41, 5.74) is 1.94. The van der Waals surface area contributed by atoms with E-state index in [1.807, 2.05) is 13.0 Å². The second kappa shape index (κ2) is 6.68. The van der Waals surface area contributed by atoms with Gasteiger partial charge in [-0.15, -0.1) is 0 Å². The molecule has 6 nitrogen and oxygen atoms in total. The minimum Gasteiger partial charge on any atom is -0.465 e. The van der Waals surface area contributed by atoms with Gasteiger partial charge >= 0.3 is 5.97 Å². The smallest absolute Gasteiger partial charge is 0.327 e. The number of aryl methyl sites for hydroxylation is 1. The maximum Gasteiger partial charge on any atom is 0.327 e. The van der Waals surface area contributed by atoms with Crippen LogP contribution in [0.2, 0.25) is 0 Å². The molecule has 0 aromatic carbocycles. The highest BCUT2D eigenvalue weighted by Gasteiger charge is 2.15. The molecule has 0 radical (unpaired) electrons. The number of carbonyl (C=O) groups is 1. The van der Waals surface area contributed by atoms with Crippen LogP contribution >= 0.6 is 0 Å². The Bertz CT molecular complexity index is 750. The minimum absolute atomic E-state index is 0.179. The SMILES string of the molecule is CCOC(=O)Cn1nc(CC)c2nc(C(C)C)ccc2c1=O. The topological polar surface area (TPSA) is 74.1 Å². The molecule has 0 aliphatic heterocycles. The molecule has 2 aromatic rings. The molecule has 2 heterocycles. The van der Waals surface area contributed by atoms with Crippen LogP contribution in [0.1, 0.15) is 45.0 Å². The van der Waals surface area contributed by atoms with Crippen LogP contribution in [-0.2, 0) is 22.5 Å². The molecule has 0 atom stereocenters. The highest BCUT2D eigenvalue weighted by atomic mass is 16.5. The fraction of sp³-hybridized carbons (Fsp3) is 0.500. The van der Waals surface area contributed by atoms with E-state index in [0.717, 1.165) is 10.4 Å². The van der Waals surface area contributed by atoms with Crippen LogP contribution in [0.4, 0.5) is 0 Å². The Morgan fingerprint density at radius 1 is 1.32 bits per heavy atom. The lowest BCUT2D eigenvalue weighted by Crippen LogP contribution is -2.29. The van der Waals surface area contributed by atoms with Gasteiger partial charge in [-0.05, 0) is 31.4 Å². The third kappa shape index (κ3) is 3.16. The molecule has 2 aromatic heterocycles. The van der Waals surface area contributed by atoms with E-state index in [1.54, 1.807) is 13.0 Å². The van der Waals surface area contributed by atoms with Gasteiger partial charge in [0.05, 0.1) is 23.2 Å². The van der Waals surface area contributed by atoms with Gasteiger partial charge in [-0.1, -0.05) is 20.8 Å². The standard InChI is InChI=1S/C16H21N3O3/c1-5-12-15-11(7-8-13(17-15)10(3)4)16(21)19(18-12)9-14(20)22-6-2/h7-8,10H,5-6,9H2,1-4H3. The highest BCUT2D eigenvalue weighted by Crippen LogP contribution is 2.17. The van der Waals surface area contributed by atoms with Gasteiger partial charge in [0.15, 0.2) is 0 Å². The summed E-state index contributed by atoms with van der Waals surface area (Å²) in [6.45, 7) is 7.88. The fourth-order valence-corrected chi connectivity index (χ4v) is 2.24. The van der Waals surface area contributed by atoms with E-state index < -0.39 is 5.97 Å². The number of pyridine rings is 1. The molecule has 0 saturated carbocycles. The summed E-state index contributed by atoms with van der Waals surface area (Å²) >= 11 is 0. The second-order valence-electron chi connectivity index (χ2n) is 5.36. The molecule has 0 aliphatic rings. The zero-order chi connectivity index (χ0) is 16.3. The predicted octanol–water partition coefficient (Wildman–Crippen LogP) is 2.04. The summed E-state index contributed by atoms with van der Waals surface area (Å²) in [7, 11) is 0. The molecule has 22 heavy (non-hydrogen) atoms. The van der Waals surface area contributed by atoms with Gasteiger partial charge in [0.25, 0.3) is 5.56 Å². The molecule has 0 spiro atoms. The molecular weight excluding hydrogens is 282 g/mol. The van der Waals surface area contributed by atoms with Crippen molar-refractivity contribution in [3.8, 4) is 0 Å². The molecule has 0 aliphatic carbocycles. The largest absolute Gasteiger partial charge is 0.465 e. The summed E-state index contributed by atoms with van der Waals surface area (Å²) in [5.74, 6) is -0.193. The lowest BCUT2D eigenvalue weighted by molar-refractivity contribution is -0.144. The van der Waals surface area contributed by atoms with Crippen molar-refractivity contribution in [2.24, 2.45) is 0 Å². The molecule has 0 amide bonds. The summed E-state index contributed by atoms with van der Waals surface area (Å²) in [4.78, 5) is 28.6. The summed E-state index contributed by atoms with van der Waals surface area (Å²) in [6, 6.07) is 3.62. The zero-order valence-corrected chi connectivity index (χ0v) is 13.4. The van der Waals surface area contributed by atoms with Crippen molar-refractivity contribution in [1.29, 1.82) is 0 Å². The predicted molar refractivity (Wildman–Crippen MR) is 83.9 cm³/mol. The molecule has 2 rings (SSSR count). The number of nitrogens with zero attached hydrogens (tertiary/aromatic N) is 3. The maximum absolute atomic E-state index is 12.5.